The van der Waals surface area contributed by atoms with E-state index in [0.29, 0.717) is 18.6 Å². The van der Waals surface area contributed by atoms with Crippen molar-refractivity contribution in [2.24, 2.45) is 0 Å². The predicted molar refractivity (Wildman–Crippen MR) is 73.3 cm³/mol. The molecule has 1 aromatic carbocycles. The lowest BCUT2D eigenvalue weighted by molar-refractivity contribution is 0.0913. The third-order valence-corrected chi connectivity index (χ3v) is 4.18. The minimum atomic E-state index is -3.59. The van der Waals surface area contributed by atoms with Gasteiger partial charge in [-0.1, -0.05) is 12.1 Å². The van der Waals surface area contributed by atoms with Gasteiger partial charge in [0.2, 0.25) is 10.0 Å². The molecule has 0 bridgehead atoms. The zero-order chi connectivity index (χ0) is 14.3. The van der Waals surface area contributed by atoms with Gasteiger partial charge in [0.1, 0.15) is 4.90 Å². The molecule has 0 aromatic heterocycles. The first-order valence-corrected chi connectivity index (χ1v) is 7.50. The molecule has 0 aliphatic heterocycles. The molecule has 6 nitrogen and oxygen atoms in total. The maximum absolute atomic E-state index is 12.1. The van der Waals surface area contributed by atoms with Crippen LogP contribution in [0.15, 0.2) is 23.1 Å². The van der Waals surface area contributed by atoms with E-state index in [4.69, 9.17) is 15.6 Å². The number of aliphatic hydroxyl groups excluding tert-OH is 1. The Bertz CT molecular complexity index is 482. The number of nitrogens with two attached hydrogens (primary N) is 1. The van der Waals surface area contributed by atoms with Crippen LogP contribution in [-0.2, 0) is 14.8 Å². The molecule has 0 saturated heterocycles. The van der Waals surface area contributed by atoms with Crippen molar-refractivity contribution in [2.75, 3.05) is 32.1 Å². The van der Waals surface area contributed by atoms with Crippen LogP contribution in [-0.4, -0.2) is 39.9 Å². The van der Waals surface area contributed by atoms with Crippen LogP contribution in [0.4, 0.5) is 5.69 Å². The molecule has 19 heavy (non-hydrogen) atoms. The largest absolute Gasteiger partial charge is 0.398 e. The van der Waals surface area contributed by atoms with Crippen LogP contribution in [0.1, 0.15) is 12.0 Å². The van der Waals surface area contributed by atoms with Gasteiger partial charge in [0.05, 0.1) is 18.9 Å². The summed E-state index contributed by atoms with van der Waals surface area (Å²) in [5.74, 6) is 0. The van der Waals surface area contributed by atoms with Gasteiger partial charge < -0.3 is 15.6 Å². The van der Waals surface area contributed by atoms with Crippen molar-refractivity contribution in [3.8, 4) is 0 Å². The highest BCUT2D eigenvalue weighted by Crippen LogP contribution is 2.21. The Morgan fingerprint density at radius 3 is 2.74 bits per heavy atom. The number of aryl methyl sites for hydroxylation is 1. The van der Waals surface area contributed by atoms with Crippen LogP contribution in [0.3, 0.4) is 0 Å². The van der Waals surface area contributed by atoms with Crippen molar-refractivity contribution < 1.29 is 18.3 Å². The number of hydrogen-bond donors (Lipinski definition) is 3. The molecule has 7 heteroatoms. The monoisotopic (exact) mass is 288 g/mol. The average molecular weight is 288 g/mol. The molecule has 0 fully saturated rings. The van der Waals surface area contributed by atoms with Gasteiger partial charge in [0, 0.05) is 13.2 Å². The van der Waals surface area contributed by atoms with Crippen LogP contribution in [0.5, 0.6) is 0 Å². The maximum Gasteiger partial charge on any atom is 0.242 e. The number of hydrogen-bond acceptors (Lipinski definition) is 5. The Kier molecular flexibility index (Phi) is 6.23. The number of ether oxygens (including phenoxy) is 1. The quantitative estimate of drug-likeness (QED) is 0.470. The number of anilines is 1. The molecule has 0 spiro atoms. The second-order valence-corrected chi connectivity index (χ2v) is 5.78. The summed E-state index contributed by atoms with van der Waals surface area (Å²) < 4.78 is 31.7. The number of nitrogen functional groups attached to an aromatic ring is 1. The molecule has 0 amide bonds. The zero-order valence-corrected chi connectivity index (χ0v) is 11.7. The van der Waals surface area contributed by atoms with Crippen molar-refractivity contribution in [3.63, 3.8) is 0 Å². The van der Waals surface area contributed by atoms with Crippen LogP contribution in [0, 0.1) is 6.92 Å². The third-order valence-electron chi connectivity index (χ3n) is 2.50. The highest BCUT2D eigenvalue weighted by Gasteiger charge is 2.18. The Hall–Kier alpha value is -1.15. The van der Waals surface area contributed by atoms with E-state index in [1.165, 1.54) is 0 Å². The van der Waals surface area contributed by atoms with Gasteiger partial charge in [-0.3, -0.25) is 0 Å². The third kappa shape index (κ3) is 4.79. The first kappa shape index (κ1) is 15.9. The van der Waals surface area contributed by atoms with Gasteiger partial charge in [-0.25, -0.2) is 13.1 Å². The fraction of sp³-hybridized carbons (Fsp3) is 0.500. The molecule has 0 radical (unpaired) electrons. The summed E-state index contributed by atoms with van der Waals surface area (Å²) in [5.41, 5.74) is 6.56. The minimum Gasteiger partial charge on any atom is -0.398 e. The Balaban J connectivity index is 2.57. The lowest BCUT2D eigenvalue weighted by Gasteiger charge is -2.11. The smallest absolute Gasteiger partial charge is 0.242 e. The summed E-state index contributed by atoms with van der Waals surface area (Å²) in [6, 6.07) is 4.98. The number of aliphatic hydroxyl groups is 1. The number of sulfonamides is 1. The minimum absolute atomic E-state index is 0.0362. The van der Waals surface area contributed by atoms with Crippen molar-refractivity contribution in [2.45, 2.75) is 18.2 Å². The lowest BCUT2D eigenvalue weighted by atomic mass is 10.2. The maximum atomic E-state index is 12.1. The SMILES string of the molecule is Cc1cccc(N)c1S(=O)(=O)NCCCOCCO. The van der Waals surface area contributed by atoms with Crippen molar-refractivity contribution in [1.82, 2.24) is 4.72 Å². The highest BCUT2D eigenvalue weighted by molar-refractivity contribution is 7.89. The zero-order valence-electron chi connectivity index (χ0n) is 10.9. The fourth-order valence-corrected chi connectivity index (χ4v) is 3.09. The van der Waals surface area contributed by atoms with Gasteiger partial charge in [0.25, 0.3) is 0 Å². The molecule has 1 aromatic rings. The highest BCUT2D eigenvalue weighted by atomic mass is 32.2. The van der Waals surface area contributed by atoms with E-state index in [2.05, 4.69) is 4.72 Å². The van der Waals surface area contributed by atoms with E-state index in [-0.39, 0.29) is 30.3 Å². The van der Waals surface area contributed by atoms with Crippen molar-refractivity contribution >= 4 is 15.7 Å². The van der Waals surface area contributed by atoms with Gasteiger partial charge in [0.15, 0.2) is 0 Å². The van der Waals surface area contributed by atoms with E-state index in [0.717, 1.165) is 0 Å². The summed E-state index contributed by atoms with van der Waals surface area (Å²) >= 11 is 0. The van der Waals surface area contributed by atoms with E-state index in [9.17, 15) is 8.42 Å². The van der Waals surface area contributed by atoms with E-state index < -0.39 is 10.0 Å². The van der Waals surface area contributed by atoms with Crippen LogP contribution >= 0.6 is 0 Å². The van der Waals surface area contributed by atoms with Crippen LogP contribution < -0.4 is 10.5 Å². The molecule has 108 valence electrons. The standard InChI is InChI=1S/C12H20N2O4S/c1-10-4-2-5-11(13)12(10)19(16,17)14-6-3-8-18-9-7-15/h2,4-5,14-15H,3,6-9,13H2,1H3. The predicted octanol–water partition coefficient (Wildman–Crippen LogP) is 0.255. The molecule has 0 aliphatic rings. The fourth-order valence-electron chi connectivity index (χ4n) is 1.66. The lowest BCUT2D eigenvalue weighted by Crippen LogP contribution is -2.27. The summed E-state index contributed by atoms with van der Waals surface area (Å²) in [6.07, 6.45) is 0.533. The first-order chi connectivity index (χ1) is 8.99. The molecule has 0 aliphatic carbocycles. The first-order valence-electron chi connectivity index (χ1n) is 6.02. The molecule has 1 rings (SSSR count). The normalized spacial score (nSPS) is 11.7. The summed E-state index contributed by atoms with van der Waals surface area (Å²) in [5, 5.41) is 8.51. The summed E-state index contributed by atoms with van der Waals surface area (Å²) in [4.78, 5) is 0.131. The number of benzene rings is 1. The molecule has 4 N–H and O–H groups in total. The van der Waals surface area contributed by atoms with Gasteiger partial charge >= 0.3 is 0 Å². The van der Waals surface area contributed by atoms with Crippen molar-refractivity contribution in [3.05, 3.63) is 23.8 Å². The second-order valence-electron chi connectivity index (χ2n) is 4.08. The van der Waals surface area contributed by atoms with Crippen molar-refractivity contribution in [1.29, 1.82) is 0 Å². The number of nitrogens with one attached hydrogen (secondary N) is 1. The Morgan fingerprint density at radius 2 is 2.11 bits per heavy atom. The van der Waals surface area contributed by atoms with Gasteiger partial charge in [-0.2, -0.15) is 0 Å². The average Bonchev–Trinajstić information content (AvgIpc) is 2.33. The van der Waals surface area contributed by atoms with Crippen LogP contribution in [0.25, 0.3) is 0 Å². The number of rotatable bonds is 8. The second kappa shape index (κ2) is 7.44. The molecule has 0 heterocycles. The van der Waals surface area contributed by atoms with Crippen LogP contribution in [0.2, 0.25) is 0 Å². The molecule has 0 atom stereocenters. The summed E-state index contributed by atoms with van der Waals surface area (Å²) in [6.45, 7) is 2.59. The Morgan fingerprint density at radius 1 is 1.37 bits per heavy atom. The molecule has 0 unspecified atom stereocenters. The summed E-state index contributed by atoms with van der Waals surface area (Å²) in [7, 11) is -3.59. The Labute approximate surface area is 113 Å². The van der Waals surface area contributed by atoms with E-state index in [1.54, 1.807) is 25.1 Å². The van der Waals surface area contributed by atoms with E-state index >= 15 is 0 Å². The molecular weight excluding hydrogens is 268 g/mol. The molecule has 0 saturated carbocycles. The topological polar surface area (TPSA) is 102 Å². The van der Waals surface area contributed by atoms with Gasteiger partial charge in [-0.05, 0) is 25.0 Å². The van der Waals surface area contributed by atoms with E-state index in [1.807, 2.05) is 0 Å². The van der Waals surface area contributed by atoms with Gasteiger partial charge in [-0.15, -0.1) is 0 Å². The molecular formula is C12H20N2O4S.